The van der Waals surface area contributed by atoms with Crippen molar-refractivity contribution in [2.75, 3.05) is 0 Å². The number of Topliss-reactive ketones (excluding diaryl/α,β-unsaturated/α-hetero) is 1. The van der Waals surface area contributed by atoms with Gasteiger partial charge in [-0.05, 0) is 25.7 Å². The summed E-state index contributed by atoms with van der Waals surface area (Å²) >= 11 is 0. The fourth-order valence-corrected chi connectivity index (χ4v) is 4.39. The zero-order chi connectivity index (χ0) is 23.6. The van der Waals surface area contributed by atoms with Crippen molar-refractivity contribution < 1.29 is 39.6 Å². The maximum Gasteiger partial charge on any atom is 0.338 e. The molecule has 0 aromatic carbocycles. The molecular weight excluding hydrogens is 392 g/mol. The van der Waals surface area contributed by atoms with Gasteiger partial charge in [0.2, 0.25) is 5.60 Å². The molecule has 0 bridgehead atoms. The van der Waals surface area contributed by atoms with Crippen molar-refractivity contribution in [1.82, 2.24) is 0 Å². The first kappa shape index (κ1) is 28.0. The Bertz CT molecular complexity index is 606. The zero-order valence-corrected chi connectivity index (χ0v) is 18.7. The normalized spacial score (nSPS) is 15.8. The average molecular weight is 431 g/mol. The van der Waals surface area contributed by atoms with E-state index in [2.05, 4.69) is 0 Å². The number of rotatable bonds is 17. The Morgan fingerprint density at radius 1 is 0.633 bits per heavy atom. The van der Waals surface area contributed by atoms with Crippen LogP contribution in [0.4, 0.5) is 0 Å². The summed E-state index contributed by atoms with van der Waals surface area (Å²) < 4.78 is 0. The van der Waals surface area contributed by atoms with E-state index in [1.54, 1.807) is 27.7 Å². The molecule has 0 radical (unpaired) electrons. The third kappa shape index (κ3) is 4.85. The molecule has 0 rings (SSSR count). The highest BCUT2D eigenvalue weighted by Gasteiger charge is 2.75. The molecular formula is C22H38O8. The van der Waals surface area contributed by atoms with E-state index in [1.807, 2.05) is 0 Å². The Hall–Kier alpha value is -1.96. The predicted molar refractivity (Wildman–Crippen MR) is 111 cm³/mol. The molecule has 0 saturated heterocycles. The van der Waals surface area contributed by atoms with E-state index in [0.717, 1.165) is 0 Å². The molecule has 0 aromatic rings. The van der Waals surface area contributed by atoms with Gasteiger partial charge in [-0.25, -0.2) is 4.79 Å². The monoisotopic (exact) mass is 430 g/mol. The minimum absolute atomic E-state index is 0.161. The quantitative estimate of drug-likeness (QED) is 0.254. The molecule has 0 aliphatic carbocycles. The van der Waals surface area contributed by atoms with Gasteiger partial charge in [0.25, 0.3) is 0 Å². The van der Waals surface area contributed by atoms with Crippen LogP contribution in [-0.2, 0) is 19.2 Å². The topological polar surface area (TPSA) is 149 Å². The van der Waals surface area contributed by atoms with Crippen LogP contribution < -0.4 is 0 Å². The number of carboxylic acid groups (broad SMARTS) is 3. The molecule has 8 heteroatoms. The molecule has 30 heavy (non-hydrogen) atoms. The smallest absolute Gasteiger partial charge is 0.338 e. The number of aliphatic hydroxyl groups is 1. The molecule has 0 saturated carbocycles. The molecule has 4 N–H and O–H groups in total. The van der Waals surface area contributed by atoms with Gasteiger partial charge in [0.1, 0.15) is 5.41 Å². The summed E-state index contributed by atoms with van der Waals surface area (Å²) in [7, 11) is 0. The van der Waals surface area contributed by atoms with Crippen LogP contribution >= 0.6 is 0 Å². The third-order valence-corrected chi connectivity index (χ3v) is 6.17. The first-order valence-electron chi connectivity index (χ1n) is 11.0. The second kappa shape index (κ2) is 12.0. The first-order valence-corrected chi connectivity index (χ1v) is 11.0. The van der Waals surface area contributed by atoms with Crippen LogP contribution in [0.5, 0.6) is 0 Å². The molecule has 0 aromatic heterocycles. The number of ketones is 1. The SMILES string of the molecule is CCCCC(CCCC)(C(=O)O)C(O)(C(=O)O)C(CCCC)(C(=O)O)C(=O)CCC. The number of carbonyl (C=O) groups is 4. The van der Waals surface area contributed by atoms with Gasteiger partial charge < -0.3 is 20.4 Å². The summed E-state index contributed by atoms with van der Waals surface area (Å²) in [4.78, 5) is 50.9. The highest BCUT2D eigenvalue weighted by atomic mass is 16.4. The first-order chi connectivity index (χ1) is 14.0. The largest absolute Gasteiger partial charge is 0.481 e. The van der Waals surface area contributed by atoms with Gasteiger partial charge in [0, 0.05) is 6.42 Å². The van der Waals surface area contributed by atoms with Crippen LogP contribution in [0.25, 0.3) is 0 Å². The van der Waals surface area contributed by atoms with Crippen LogP contribution in [0.3, 0.4) is 0 Å². The summed E-state index contributed by atoms with van der Waals surface area (Å²) in [5.74, 6) is -6.27. The lowest BCUT2D eigenvalue weighted by Gasteiger charge is -2.50. The molecule has 174 valence electrons. The van der Waals surface area contributed by atoms with Crippen molar-refractivity contribution in [1.29, 1.82) is 0 Å². The van der Waals surface area contributed by atoms with E-state index in [9.17, 15) is 39.6 Å². The third-order valence-electron chi connectivity index (χ3n) is 6.17. The number of hydrogen-bond donors (Lipinski definition) is 4. The maximum absolute atomic E-state index is 13.2. The Balaban J connectivity index is 7.31. The van der Waals surface area contributed by atoms with Gasteiger partial charge in [-0.2, -0.15) is 0 Å². The van der Waals surface area contributed by atoms with Gasteiger partial charge in [0.05, 0.1) is 0 Å². The Labute approximate surface area is 178 Å². The summed E-state index contributed by atoms with van der Waals surface area (Å²) in [6, 6.07) is 0. The predicted octanol–water partition coefficient (Wildman–Crippen LogP) is 3.88. The van der Waals surface area contributed by atoms with Gasteiger partial charge in [-0.3, -0.25) is 14.4 Å². The number of aliphatic carboxylic acids is 3. The van der Waals surface area contributed by atoms with Crippen molar-refractivity contribution in [3.63, 3.8) is 0 Å². The summed E-state index contributed by atoms with van der Waals surface area (Å²) in [6.07, 6.45) is 1.29. The van der Waals surface area contributed by atoms with Crippen molar-refractivity contribution >= 4 is 23.7 Å². The number of carboxylic acids is 3. The number of unbranched alkanes of at least 4 members (excludes halogenated alkanes) is 3. The minimum Gasteiger partial charge on any atom is -0.481 e. The standard InChI is InChI=1S/C22H38O8/c1-5-9-13-20(17(24)25,14-10-6-2)22(30,19(28)29)21(18(26)27,15-11-7-3)16(23)12-8-4/h30H,5-15H2,1-4H3,(H,24,25)(H,26,27)(H,28,29). The molecule has 2 atom stereocenters. The van der Waals surface area contributed by atoms with Crippen molar-refractivity contribution in [2.45, 2.75) is 104 Å². The van der Waals surface area contributed by atoms with Gasteiger partial charge in [-0.15, -0.1) is 0 Å². The highest BCUT2D eigenvalue weighted by Crippen LogP contribution is 2.54. The molecule has 0 spiro atoms. The average Bonchev–Trinajstić information content (AvgIpc) is 2.68. The van der Waals surface area contributed by atoms with E-state index in [1.165, 1.54) is 0 Å². The Morgan fingerprint density at radius 3 is 1.37 bits per heavy atom. The molecule has 8 nitrogen and oxygen atoms in total. The van der Waals surface area contributed by atoms with E-state index >= 15 is 0 Å². The molecule has 0 aliphatic rings. The van der Waals surface area contributed by atoms with Gasteiger partial charge >= 0.3 is 17.9 Å². The lowest BCUT2D eigenvalue weighted by atomic mass is 9.51. The number of carbonyl (C=O) groups excluding carboxylic acids is 1. The van der Waals surface area contributed by atoms with Crippen LogP contribution in [-0.4, -0.2) is 49.7 Å². The van der Waals surface area contributed by atoms with E-state index < -0.39 is 46.5 Å². The van der Waals surface area contributed by atoms with Crippen molar-refractivity contribution in [2.24, 2.45) is 10.8 Å². The lowest BCUT2D eigenvalue weighted by molar-refractivity contribution is -0.224. The van der Waals surface area contributed by atoms with Crippen LogP contribution in [0.15, 0.2) is 0 Å². The molecule has 0 amide bonds. The highest BCUT2D eigenvalue weighted by molar-refractivity contribution is 6.10. The van der Waals surface area contributed by atoms with E-state index in [4.69, 9.17) is 0 Å². The second-order valence-electron chi connectivity index (χ2n) is 8.10. The van der Waals surface area contributed by atoms with Crippen molar-refractivity contribution in [3.05, 3.63) is 0 Å². The molecule has 0 aliphatic heterocycles. The maximum atomic E-state index is 13.2. The Morgan fingerprint density at radius 2 is 1.07 bits per heavy atom. The summed E-state index contributed by atoms with van der Waals surface area (Å²) in [5, 5.41) is 42.3. The molecule has 0 heterocycles. The molecule has 0 fully saturated rings. The summed E-state index contributed by atoms with van der Waals surface area (Å²) in [5.41, 5.74) is -8.34. The fourth-order valence-electron chi connectivity index (χ4n) is 4.39. The van der Waals surface area contributed by atoms with Crippen molar-refractivity contribution in [3.8, 4) is 0 Å². The van der Waals surface area contributed by atoms with Gasteiger partial charge in [-0.1, -0.05) is 66.2 Å². The van der Waals surface area contributed by atoms with Crippen LogP contribution in [0.1, 0.15) is 98.3 Å². The summed E-state index contributed by atoms with van der Waals surface area (Å²) in [6.45, 7) is 6.96. The lowest BCUT2D eigenvalue weighted by Crippen LogP contribution is -2.72. The number of hydrogen-bond acceptors (Lipinski definition) is 5. The second-order valence-corrected chi connectivity index (χ2v) is 8.10. The van der Waals surface area contributed by atoms with Gasteiger partial charge in [0.15, 0.2) is 11.2 Å². The fraction of sp³-hybridized carbons (Fsp3) is 0.818. The Kier molecular flexibility index (Phi) is 11.2. The van der Waals surface area contributed by atoms with E-state index in [0.29, 0.717) is 19.3 Å². The van der Waals surface area contributed by atoms with E-state index in [-0.39, 0.29) is 44.9 Å². The van der Waals surface area contributed by atoms with Crippen LogP contribution in [0, 0.1) is 10.8 Å². The molecule has 2 unspecified atom stereocenters. The minimum atomic E-state index is -3.29. The zero-order valence-electron chi connectivity index (χ0n) is 18.7. The van der Waals surface area contributed by atoms with Crippen LogP contribution in [0.2, 0.25) is 0 Å².